The van der Waals surface area contributed by atoms with Gasteiger partial charge in [-0.1, -0.05) is 24.3 Å². The number of aryl methyl sites for hydroxylation is 1. The van der Waals surface area contributed by atoms with E-state index >= 15 is 0 Å². The van der Waals surface area contributed by atoms with Crippen molar-refractivity contribution in [3.8, 4) is 0 Å². The molecule has 1 aromatic carbocycles. The summed E-state index contributed by atoms with van der Waals surface area (Å²) in [5.74, 6) is 3.37. The van der Waals surface area contributed by atoms with Crippen molar-refractivity contribution in [1.82, 2.24) is 15.3 Å². The molecule has 1 aromatic heterocycles. The van der Waals surface area contributed by atoms with Crippen molar-refractivity contribution < 1.29 is 4.79 Å². The monoisotopic (exact) mass is 341 g/mol. The summed E-state index contributed by atoms with van der Waals surface area (Å²) in [5.41, 5.74) is 3.28. The van der Waals surface area contributed by atoms with Crippen LogP contribution in [-0.4, -0.2) is 28.2 Å². The second-order valence-electron chi connectivity index (χ2n) is 6.19. The second kappa shape index (κ2) is 8.29. The highest BCUT2D eigenvalue weighted by Crippen LogP contribution is 2.37. The van der Waals surface area contributed by atoms with Gasteiger partial charge < -0.3 is 5.32 Å². The Kier molecular flexibility index (Phi) is 5.86. The van der Waals surface area contributed by atoms with Gasteiger partial charge in [-0.15, -0.1) is 0 Å². The number of aromatic nitrogens is 2. The van der Waals surface area contributed by atoms with Crippen molar-refractivity contribution in [2.24, 2.45) is 0 Å². The van der Waals surface area contributed by atoms with Crippen LogP contribution in [0.4, 0.5) is 0 Å². The average Bonchev–Trinajstić information content (AvgIpc) is 3.44. The van der Waals surface area contributed by atoms with Gasteiger partial charge in [0.2, 0.25) is 0 Å². The highest BCUT2D eigenvalue weighted by atomic mass is 32.2. The van der Waals surface area contributed by atoms with E-state index in [-0.39, 0.29) is 5.91 Å². The summed E-state index contributed by atoms with van der Waals surface area (Å²) < 4.78 is 0. The molecular weight excluding hydrogens is 318 g/mol. The Morgan fingerprint density at radius 2 is 2.00 bits per heavy atom. The van der Waals surface area contributed by atoms with E-state index < -0.39 is 0 Å². The lowest BCUT2D eigenvalue weighted by Gasteiger charge is -2.07. The molecule has 126 valence electrons. The van der Waals surface area contributed by atoms with E-state index in [9.17, 15) is 4.79 Å². The van der Waals surface area contributed by atoms with Crippen LogP contribution in [0.3, 0.4) is 0 Å². The molecule has 1 amide bonds. The number of rotatable bonds is 8. The number of carbonyl (C=O) groups is 1. The molecule has 24 heavy (non-hydrogen) atoms. The molecule has 0 radical (unpaired) electrons. The van der Waals surface area contributed by atoms with Gasteiger partial charge in [-0.3, -0.25) is 4.79 Å². The first kappa shape index (κ1) is 17.0. The SMILES string of the molecule is Cc1ccccc1CSCCCNC(=O)c1cnc(C2CC2)nc1. The van der Waals surface area contributed by atoms with Crippen LogP contribution in [0.25, 0.3) is 0 Å². The van der Waals surface area contributed by atoms with Gasteiger partial charge in [0.25, 0.3) is 5.91 Å². The maximum atomic E-state index is 12.0. The molecule has 1 aliphatic carbocycles. The molecule has 2 aromatic rings. The van der Waals surface area contributed by atoms with Crippen LogP contribution in [0, 0.1) is 6.92 Å². The Morgan fingerprint density at radius 1 is 1.25 bits per heavy atom. The summed E-state index contributed by atoms with van der Waals surface area (Å²) in [6.45, 7) is 2.83. The fourth-order valence-electron chi connectivity index (χ4n) is 2.44. The Bertz CT molecular complexity index is 683. The van der Waals surface area contributed by atoms with Crippen molar-refractivity contribution in [1.29, 1.82) is 0 Å². The lowest BCUT2D eigenvalue weighted by atomic mass is 10.1. The first-order chi connectivity index (χ1) is 11.7. The molecule has 3 rings (SSSR count). The smallest absolute Gasteiger partial charge is 0.254 e. The average molecular weight is 341 g/mol. The first-order valence-electron chi connectivity index (χ1n) is 8.46. The molecule has 0 unspecified atom stereocenters. The third-order valence-electron chi connectivity index (χ3n) is 4.15. The fourth-order valence-corrected chi connectivity index (χ4v) is 3.48. The number of thioether (sulfide) groups is 1. The number of nitrogens with zero attached hydrogens (tertiary/aromatic N) is 2. The van der Waals surface area contributed by atoms with Crippen molar-refractivity contribution in [3.63, 3.8) is 0 Å². The highest BCUT2D eigenvalue weighted by molar-refractivity contribution is 7.98. The molecule has 0 saturated heterocycles. The van der Waals surface area contributed by atoms with Crippen LogP contribution in [0.1, 0.15) is 52.5 Å². The normalized spacial score (nSPS) is 13.7. The Labute approximate surface area is 147 Å². The Morgan fingerprint density at radius 3 is 2.71 bits per heavy atom. The predicted molar refractivity (Wildman–Crippen MR) is 98.3 cm³/mol. The molecule has 4 nitrogen and oxygen atoms in total. The van der Waals surface area contributed by atoms with E-state index in [0.29, 0.717) is 18.0 Å². The van der Waals surface area contributed by atoms with Gasteiger partial charge in [0.05, 0.1) is 5.56 Å². The van der Waals surface area contributed by atoms with Crippen LogP contribution in [-0.2, 0) is 5.75 Å². The molecule has 0 aliphatic heterocycles. The van der Waals surface area contributed by atoms with Crippen LogP contribution in [0.5, 0.6) is 0 Å². The molecule has 0 bridgehead atoms. The van der Waals surface area contributed by atoms with E-state index in [0.717, 1.165) is 23.8 Å². The topological polar surface area (TPSA) is 54.9 Å². The summed E-state index contributed by atoms with van der Waals surface area (Å²) in [6.07, 6.45) is 6.59. The van der Waals surface area contributed by atoms with E-state index in [1.165, 1.54) is 24.0 Å². The molecule has 5 heteroatoms. The summed E-state index contributed by atoms with van der Waals surface area (Å²) in [4.78, 5) is 20.6. The van der Waals surface area contributed by atoms with E-state index in [1.807, 2.05) is 11.8 Å². The number of carbonyl (C=O) groups excluding carboxylic acids is 1. The van der Waals surface area contributed by atoms with Gasteiger partial charge in [0, 0.05) is 30.6 Å². The minimum Gasteiger partial charge on any atom is -0.352 e. The van der Waals surface area contributed by atoms with Gasteiger partial charge in [-0.2, -0.15) is 11.8 Å². The molecule has 1 aliphatic rings. The molecule has 0 spiro atoms. The van der Waals surface area contributed by atoms with Crippen LogP contribution in [0.15, 0.2) is 36.7 Å². The van der Waals surface area contributed by atoms with Crippen molar-refractivity contribution in [3.05, 3.63) is 59.2 Å². The minimum absolute atomic E-state index is 0.0822. The fraction of sp³-hybridized carbons (Fsp3) is 0.421. The standard InChI is InChI=1S/C19H23N3OS/c1-14-5-2-3-6-16(14)13-24-10-4-9-20-19(23)17-11-21-18(22-12-17)15-7-8-15/h2-3,5-6,11-12,15H,4,7-10,13H2,1H3,(H,20,23). The maximum Gasteiger partial charge on any atom is 0.254 e. The lowest BCUT2D eigenvalue weighted by molar-refractivity contribution is 0.0953. The van der Waals surface area contributed by atoms with Crippen molar-refractivity contribution in [2.75, 3.05) is 12.3 Å². The quantitative estimate of drug-likeness (QED) is 0.744. The maximum absolute atomic E-state index is 12.0. The molecule has 1 fully saturated rings. The van der Waals surface area contributed by atoms with Crippen molar-refractivity contribution >= 4 is 17.7 Å². The Hall–Kier alpha value is -1.88. The summed E-state index contributed by atoms with van der Waals surface area (Å²) in [6, 6.07) is 8.47. The van der Waals surface area contributed by atoms with E-state index in [1.54, 1.807) is 12.4 Å². The van der Waals surface area contributed by atoms with Crippen LogP contribution in [0.2, 0.25) is 0 Å². The van der Waals surface area contributed by atoms with E-state index in [2.05, 4.69) is 46.5 Å². The largest absolute Gasteiger partial charge is 0.352 e. The second-order valence-corrected chi connectivity index (χ2v) is 7.30. The number of hydrogen-bond acceptors (Lipinski definition) is 4. The lowest BCUT2D eigenvalue weighted by Crippen LogP contribution is -2.25. The zero-order valence-corrected chi connectivity index (χ0v) is 14.8. The molecular formula is C19H23N3OS. The number of benzene rings is 1. The number of amides is 1. The minimum atomic E-state index is -0.0822. The summed E-state index contributed by atoms with van der Waals surface area (Å²) in [5, 5.41) is 2.94. The van der Waals surface area contributed by atoms with Gasteiger partial charge >= 0.3 is 0 Å². The number of hydrogen-bond donors (Lipinski definition) is 1. The van der Waals surface area contributed by atoms with Gasteiger partial charge in [-0.25, -0.2) is 9.97 Å². The zero-order chi connectivity index (χ0) is 16.8. The van der Waals surface area contributed by atoms with Crippen LogP contribution < -0.4 is 5.32 Å². The van der Waals surface area contributed by atoms with Crippen molar-refractivity contribution in [2.45, 2.75) is 37.9 Å². The zero-order valence-electron chi connectivity index (χ0n) is 14.0. The van der Waals surface area contributed by atoms with Gasteiger partial charge in [0.1, 0.15) is 5.82 Å². The first-order valence-corrected chi connectivity index (χ1v) is 9.62. The molecule has 1 heterocycles. The predicted octanol–water partition coefficient (Wildman–Crippen LogP) is 3.72. The number of nitrogens with one attached hydrogen (secondary N) is 1. The van der Waals surface area contributed by atoms with E-state index in [4.69, 9.17) is 0 Å². The highest BCUT2D eigenvalue weighted by Gasteiger charge is 2.26. The van der Waals surface area contributed by atoms with Crippen LogP contribution >= 0.6 is 11.8 Å². The Balaban J connectivity index is 1.32. The molecule has 1 N–H and O–H groups in total. The summed E-state index contributed by atoms with van der Waals surface area (Å²) >= 11 is 1.90. The van der Waals surface area contributed by atoms with Gasteiger partial charge in [-0.05, 0) is 43.1 Å². The molecule has 0 atom stereocenters. The third kappa shape index (κ3) is 4.81. The third-order valence-corrected chi connectivity index (χ3v) is 5.24. The van der Waals surface area contributed by atoms with Gasteiger partial charge in [0.15, 0.2) is 0 Å². The molecule has 1 saturated carbocycles. The summed E-state index contributed by atoms with van der Waals surface area (Å²) in [7, 11) is 0.